The van der Waals surface area contributed by atoms with Gasteiger partial charge in [0.15, 0.2) is 0 Å². The Kier molecular flexibility index (Phi) is 5.21. The molecule has 1 unspecified atom stereocenters. The first-order valence-corrected chi connectivity index (χ1v) is 6.88. The highest BCUT2D eigenvalue weighted by atomic mass is 16.5. The Morgan fingerprint density at radius 3 is 2.84 bits per heavy atom. The highest BCUT2D eigenvalue weighted by Gasteiger charge is 2.14. The second-order valence-electron chi connectivity index (χ2n) is 5.01. The van der Waals surface area contributed by atoms with Gasteiger partial charge in [0.05, 0.1) is 7.11 Å². The third-order valence-corrected chi connectivity index (χ3v) is 3.55. The molecule has 0 aliphatic carbocycles. The molecule has 1 atom stereocenters. The van der Waals surface area contributed by atoms with Gasteiger partial charge in [0.2, 0.25) is 5.91 Å². The van der Waals surface area contributed by atoms with Gasteiger partial charge < -0.3 is 15.4 Å². The number of nitrogens with one attached hydrogen (secondary N) is 2. The molecule has 1 heterocycles. The summed E-state index contributed by atoms with van der Waals surface area (Å²) < 4.78 is 5.11. The van der Waals surface area contributed by atoms with Gasteiger partial charge in [0.25, 0.3) is 0 Å². The van der Waals surface area contributed by atoms with Crippen LogP contribution in [0.15, 0.2) is 24.3 Å². The van der Waals surface area contributed by atoms with Gasteiger partial charge in [-0.1, -0.05) is 12.1 Å². The molecular weight excluding hydrogens is 240 g/mol. The average Bonchev–Trinajstić information content (AvgIpc) is 2.96. The summed E-state index contributed by atoms with van der Waals surface area (Å²) in [7, 11) is 1.65. The summed E-state index contributed by atoms with van der Waals surface area (Å²) >= 11 is 0. The van der Waals surface area contributed by atoms with Crippen molar-refractivity contribution in [3.8, 4) is 5.75 Å². The van der Waals surface area contributed by atoms with Crippen LogP contribution in [-0.2, 0) is 11.2 Å². The Bertz CT molecular complexity index is 397. The van der Waals surface area contributed by atoms with E-state index in [2.05, 4.69) is 10.6 Å². The maximum absolute atomic E-state index is 11.7. The fraction of sp³-hybridized carbons (Fsp3) is 0.533. The molecule has 2 rings (SSSR count). The highest BCUT2D eigenvalue weighted by molar-refractivity contribution is 5.76. The first kappa shape index (κ1) is 13.9. The van der Waals surface area contributed by atoms with Crippen LogP contribution in [0.2, 0.25) is 0 Å². The van der Waals surface area contributed by atoms with Crippen molar-refractivity contribution in [3.05, 3.63) is 29.8 Å². The fourth-order valence-corrected chi connectivity index (χ4v) is 2.29. The number of rotatable bonds is 6. The van der Waals surface area contributed by atoms with Crippen molar-refractivity contribution in [2.45, 2.75) is 19.3 Å². The standard InChI is InChI=1S/C15H22N2O2/c1-19-14-5-2-12(3-6-14)4-7-15(18)17-11-13-8-9-16-10-13/h2-3,5-6,13,16H,4,7-11H2,1H3,(H,17,18). The summed E-state index contributed by atoms with van der Waals surface area (Å²) in [5, 5.41) is 6.32. The molecule has 1 amide bonds. The van der Waals surface area contributed by atoms with E-state index in [1.807, 2.05) is 24.3 Å². The number of aryl methyl sites for hydroxylation is 1. The number of amides is 1. The van der Waals surface area contributed by atoms with Crippen LogP contribution in [0.4, 0.5) is 0 Å². The molecule has 1 aliphatic rings. The molecule has 1 saturated heterocycles. The summed E-state index contributed by atoms with van der Waals surface area (Å²) in [4.78, 5) is 11.7. The van der Waals surface area contributed by atoms with E-state index in [1.54, 1.807) is 7.11 Å². The van der Waals surface area contributed by atoms with E-state index in [4.69, 9.17) is 4.74 Å². The fourth-order valence-electron chi connectivity index (χ4n) is 2.29. The van der Waals surface area contributed by atoms with Crippen LogP contribution in [-0.4, -0.2) is 32.7 Å². The minimum absolute atomic E-state index is 0.141. The Morgan fingerprint density at radius 2 is 2.21 bits per heavy atom. The second kappa shape index (κ2) is 7.14. The second-order valence-corrected chi connectivity index (χ2v) is 5.01. The average molecular weight is 262 g/mol. The third kappa shape index (κ3) is 4.56. The largest absolute Gasteiger partial charge is 0.497 e. The van der Waals surface area contributed by atoms with Crippen molar-refractivity contribution in [1.82, 2.24) is 10.6 Å². The van der Waals surface area contributed by atoms with Gasteiger partial charge in [-0.05, 0) is 49.5 Å². The van der Waals surface area contributed by atoms with Crippen LogP contribution >= 0.6 is 0 Å². The van der Waals surface area contributed by atoms with E-state index >= 15 is 0 Å². The molecule has 1 aromatic carbocycles. The van der Waals surface area contributed by atoms with E-state index in [1.165, 1.54) is 12.0 Å². The maximum Gasteiger partial charge on any atom is 0.220 e. The number of ether oxygens (including phenoxy) is 1. The topological polar surface area (TPSA) is 50.4 Å². The molecule has 2 N–H and O–H groups in total. The summed E-state index contributed by atoms with van der Waals surface area (Å²) in [6, 6.07) is 7.87. The summed E-state index contributed by atoms with van der Waals surface area (Å²) in [6.45, 7) is 2.90. The molecular formula is C15H22N2O2. The van der Waals surface area contributed by atoms with E-state index < -0.39 is 0 Å². The Labute approximate surface area is 114 Å². The van der Waals surface area contributed by atoms with E-state index in [0.717, 1.165) is 31.8 Å². The number of hydrogen-bond acceptors (Lipinski definition) is 3. The highest BCUT2D eigenvalue weighted by Crippen LogP contribution is 2.12. The Balaban J connectivity index is 1.67. The van der Waals surface area contributed by atoms with Crippen molar-refractivity contribution < 1.29 is 9.53 Å². The van der Waals surface area contributed by atoms with Gasteiger partial charge >= 0.3 is 0 Å². The number of hydrogen-bond donors (Lipinski definition) is 2. The zero-order chi connectivity index (χ0) is 13.5. The molecule has 1 fully saturated rings. The van der Waals surface area contributed by atoms with E-state index in [9.17, 15) is 4.79 Å². The number of benzene rings is 1. The van der Waals surface area contributed by atoms with Gasteiger partial charge in [0.1, 0.15) is 5.75 Å². The van der Waals surface area contributed by atoms with Gasteiger partial charge in [-0.15, -0.1) is 0 Å². The van der Waals surface area contributed by atoms with Crippen molar-refractivity contribution in [1.29, 1.82) is 0 Å². The molecule has 0 radical (unpaired) electrons. The third-order valence-electron chi connectivity index (χ3n) is 3.55. The minimum Gasteiger partial charge on any atom is -0.497 e. The molecule has 104 valence electrons. The molecule has 4 nitrogen and oxygen atoms in total. The van der Waals surface area contributed by atoms with Crippen LogP contribution < -0.4 is 15.4 Å². The van der Waals surface area contributed by atoms with Crippen molar-refractivity contribution >= 4 is 5.91 Å². The van der Waals surface area contributed by atoms with Gasteiger partial charge in [-0.3, -0.25) is 4.79 Å². The van der Waals surface area contributed by atoms with Crippen LogP contribution in [0, 0.1) is 5.92 Å². The molecule has 0 bridgehead atoms. The van der Waals surface area contributed by atoms with Crippen LogP contribution in [0.1, 0.15) is 18.4 Å². The normalized spacial score (nSPS) is 18.3. The van der Waals surface area contributed by atoms with Crippen LogP contribution in [0.25, 0.3) is 0 Å². The monoisotopic (exact) mass is 262 g/mol. The van der Waals surface area contributed by atoms with Crippen molar-refractivity contribution in [2.75, 3.05) is 26.7 Å². The maximum atomic E-state index is 11.7. The number of methoxy groups -OCH3 is 1. The lowest BCUT2D eigenvalue weighted by atomic mass is 10.1. The zero-order valence-corrected chi connectivity index (χ0v) is 11.4. The van der Waals surface area contributed by atoms with Gasteiger partial charge in [0, 0.05) is 13.0 Å². The predicted molar refractivity (Wildman–Crippen MR) is 75.3 cm³/mol. The molecule has 0 spiro atoms. The lowest BCUT2D eigenvalue weighted by Gasteiger charge is -2.10. The summed E-state index contributed by atoms with van der Waals surface area (Å²) in [5.74, 6) is 1.59. The number of carbonyl (C=O) groups is 1. The van der Waals surface area contributed by atoms with Crippen molar-refractivity contribution in [2.24, 2.45) is 5.92 Å². The Hall–Kier alpha value is -1.55. The Morgan fingerprint density at radius 1 is 1.42 bits per heavy atom. The SMILES string of the molecule is COc1ccc(CCC(=O)NCC2CCNC2)cc1. The lowest BCUT2D eigenvalue weighted by molar-refractivity contribution is -0.121. The van der Waals surface area contributed by atoms with Crippen LogP contribution in [0.5, 0.6) is 5.75 Å². The molecule has 0 saturated carbocycles. The molecule has 1 aliphatic heterocycles. The lowest BCUT2D eigenvalue weighted by Crippen LogP contribution is -2.30. The minimum atomic E-state index is 0.141. The van der Waals surface area contributed by atoms with E-state index in [0.29, 0.717) is 12.3 Å². The zero-order valence-electron chi connectivity index (χ0n) is 11.4. The molecule has 19 heavy (non-hydrogen) atoms. The smallest absolute Gasteiger partial charge is 0.220 e. The first-order chi connectivity index (χ1) is 9.28. The van der Waals surface area contributed by atoms with Gasteiger partial charge in [-0.2, -0.15) is 0 Å². The molecule has 4 heteroatoms. The van der Waals surface area contributed by atoms with E-state index in [-0.39, 0.29) is 5.91 Å². The molecule has 1 aromatic rings. The summed E-state index contributed by atoms with van der Waals surface area (Å²) in [6.07, 6.45) is 2.49. The molecule has 0 aromatic heterocycles. The van der Waals surface area contributed by atoms with Gasteiger partial charge in [-0.25, -0.2) is 0 Å². The number of carbonyl (C=O) groups excluding carboxylic acids is 1. The quantitative estimate of drug-likeness (QED) is 0.813. The summed E-state index contributed by atoms with van der Waals surface area (Å²) in [5.41, 5.74) is 1.17. The first-order valence-electron chi connectivity index (χ1n) is 6.88. The predicted octanol–water partition coefficient (Wildman–Crippen LogP) is 1.35. The van der Waals surface area contributed by atoms with Crippen molar-refractivity contribution in [3.63, 3.8) is 0 Å². The van der Waals surface area contributed by atoms with Crippen LogP contribution in [0.3, 0.4) is 0 Å².